The number of carbonyl (C=O) groups is 2. The van der Waals surface area contributed by atoms with Crippen LogP contribution in [0.1, 0.15) is 61.8 Å². The first-order valence-corrected chi connectivity index (χ1v) is 16.8. The molecule has 14 nitrogen and oxygen atoms in total. The molecule has 0 aromatic carbocycles. The lowest BCUT2D eigenvalue weighted by molar-refractivity contribution is -0.311. The highest BCUT2D eigenvalue weighted by molar-refractivity contribution is 5.76. The summed E-state index contributed by atoms with van der Waals surface area (Å²) < 4.78 is 81.4. The summed E-state index contributed by atoms with van der Waals surface area (Å²) in [5.41, 5.74) is 1.06. The van der Waals surface area contributed by atoms with Gasteiger partial charge in [0.05, 0.1) is 25.4 Å². The third-order valence-corrected chi connectivity index (χ3v) is 8.71. The van der Waals surface area contributed by atoms with E-state index in [-0.39, 0.29) is 43.5 Å². The number of alkyl halides is 3. The summed E-state index contributed by atoms with van der Waals surface area (Å²) in [6.07, 6.45) is -19.7. The molecule has 4 N–H and O–H groups in total. The molecule has 0 aromatic heterocycles. The van der Waals surface area contributed by atoms with E-state index in [1.54, 1.807) is 27.7 Å². The Balaban J connectivity index is 1.61. The number of carbonyl (C=O) groups excluding carboxylic acids is 2. The standard InChI is InChI=1S/C33H53F3O14/c1-15(2)12-18-19(32(18,7)8)13-45-28(41)26-24(20(37)23(40)31(50-26)48-17(5)6)43-10-9-11-44-30-22(39)21(38)25(47-16(3)4)27(49-30)29(42)46-14-33(34,35)36/h12,16-27,30-31,37-40H,9-11,13-14H2,1-8H3/t18?,19?,20-,21-,22+,23+,24+,25+,26?,27?,30-,31-/m1/s1. The maximum atomic E-state index is 13.3. The van der Waals surface area contributed by atoms with E-state index in [0.717, 1.165) is 5.57 Å². The first-order chi connectivity index (χ1) is 23.1. The quantitative estimate of drug-likeness (QED) is 0.102. The summed E-state index contributed by atoms with van der Waals surface area (Å²) in [5.74, 6) is -2.02. The third-order valence-electron chi connectivity index (χ3n) is 8.71. The lowest BCUT2D eigenvalue weighted by Gasteiger charge is -2.42. The van der Waals surface area contributed by atoms with Gasteiger partial charge in [0.2, 0.25) is 0 Å². The molecule has 0 bridgehead atoms. The van der Waals surface area contributed by atoms with Gasteiger partial charge in [-0.1, -0.05) is 25.5 Å². The lowest BCUT2D eigenvalue weighted by Crippen LogP contribution is -2.62. The number of halogens is 3. The van der Waals surface area contributed by atoms with Crippen LogP contribution in [0.15, 0.2) is 11.6 Å². The molecular formula is C33H53F3O14. The van der Waals surface area contributed by atoms with Crippen LogP contribution in [0.2, 0.25) is 0 Å². The predicted octanol–water partition coefficient (Wildman–Crippen LogP) is 1.78. The van der Waals surface area contributed by atoms with Crippen molar-refractivity contribution in [2.45, 2.75) is 142 Å². The molecule has 0 spiro atoms. The van der Waals surface area contributed by atoms with Crippen LogP contribution in [0.3, 0.4) is 0 Å². The molecule has 1 aliphatic carbocycles. The Morgan fingerprint density at radius 2 is 1.30 bits per heavy atom. The first-order valence-electron chi connectivity index (χ1n) is 16.8. The topological polar surface area (TPSA) is 189 Å². The van der Waals surface area contributed by atoms with Gasteiger partial charge in [-0.3, -0.25) is 0 Å². The Morgan fingerprint density at radius 1 is 0.780 bits per heavy atom. The second-order valence-electron chi connectivity index (χ2n) is 14.3. The zero-order valence-corrected chi connectivity index (χ0v) is 29.7. The van der Waals surface area contributed by atoms with Crippen molar-refractivity contribution in [2.75, 3.05) is 26.4 Å². The minimum absolute atomic E-state index is 0.0193. The largest absolute Gasteiger partial charge is 0.463 e. The van der Waals surface area contributed by atoms with E-state index in [0.29, 0.717) is 0 Å². The molecule has 4 unspecified atom stereocenters. The Bertz CT molecular complexity index is 1140. The highest BCUT2D eigenvalue weighted by atomic mass is 19.4. The predicted molar refractivity (Wildman–Crippen MR) is 166 cm³/mol. The van der Waals surface area contributed by atoms with Crippen LogP contribution >= 0.6 is 0 Å². The van der Waals surface area contributed by atoms with Gasteiger partial charge in [0, 0.05) is 12.5 Å². The van der Waals surface area contributed by atoms with Gasteiger partial charge in [0.25, 0.3) is 0 Å². The molecule has 50 heavy (non-hydrogen) atoms. The maximum absolute atomic E-state index is 13.3. The fourth-order valence-electron chi connectivity index (χ4n) is 5.99. The maximum Gasteiger partial charge on any atom is 0.422 e. The van der Waals surface area contributed by atoms with Gasteiger partial charge in [-0.15, -0.1) is 0 Å². The summed E-state index contributed by atoms with van der Waals surface area (Å²) in [7, 11) is 0. The van der Waals surface area contributed by atoms with Crippen LogP contribution in [0, 0.1) is 17.3 Å². The van der Waals surface area contributed by atoms with Crippen molar-refractivity contribution >= 4 is 11.9 Å². The Labute approximate surface area is 290 Å². The highest BCUT2D eigenvalue weighted by Gasteiger charge is 2.57. The zero-order valence-electron chi connectivity index (χ0n) is 29.7. The van der Waals surface area contributed by atoms with Gasteiger partial charge in [-0.2, -0.15) is 13.2 Å². The van der Waals surface area contributed by atoms with E-state index in [1.807, 2.05) is 13.8 Å². The van der Waals surface area contributed by atoms with Crippen LogP contribution in [-0.4, -0.2) is 139 Å². The van der Waals surface area contributed by atoms with E-state index >= 15 is 0 Å². The normalized spacial score (nSPS) is 35.5. The number of rotatable bonds is 16. The van der Waals surface area contributed by atoms with Crippen molar-refractivity contribution in [3.63, 3.8) is 0 Å². The summed E-state index contributed by atoms with van der Waals surface area (Å²) in [6, 6.07) is 0. The first kappa shape index (κ1) is 42.5. The fourth-order valence-corrected chi connectivity index (χ4v) is 5.99. The number of hydrogen-bond acceptors (Lipinski definition) is 14. The molecule has 3 aliphatic rings. The van der Waals surface area contributed by atoms with E-state index in [9.17, 15) is 43.2 Å². The molecule has 3 fully saturated rings. The molecule has 2 aliphatic heterocycles. The molecular weight excluding hydrogens is 677 g/mol. The third kappa shape index (κ3) is 11.3. The monoisotopic (exact) mass is 730 g/mol. The molecule has 1 saturated carbocycles. The Hall–Kier alpha value is -1.93. The van der Waals surface area contributed by atoms with Crippen LogP contribution < -0.4 is 0 Å². The van der Waals surface area contributed by atoms with Crippen LogP contribution in [0.25, 0.3) is 0 Å². The van der Waals surface area contributed by atoms with Crippen molar-refractivity contribution in [2.24, 2.45) is 17.3 Å². The molecule has 2 saturated heterocycles. The van der Waals surface area contributed by atoms with Crippen LogP contribution in [0.5, 0.6) is 0 Å². The van der Waals surface area contributed by atoms with E-state index in [4.69, 9.17) is 33.2 Å². The molecule has 2 heterocycles. The number of ether oxygens (including phenoxy) is 8. The minimum Gasteiger partial charge on any atom is -0.463 e. The molecule has 12 atom stereocenters. The molecule has 3 rings (SSSR count). The van der Waals surface area contributed by atoms with Crippen molar-refractivity contribution < 1.29 is 81.1 Å². The summed E-state index contributed by atoms with van der Waals surface area (Å²) >= 11 is 0. The molecule has 0 radical (unpaired) electrons. The van der Waals surface area contributed by atoms with E-state index in [2.05, 4.69) is 24.7 Å². The average molecular weight is 731 g/mol. The SMILES string of the molecule is CC(C)=CC1C(COC(=O)C2O[C@@H](OC(C)C)[C@@H](O)[C@@H](O)[C@@H]2OCCCO[C@@H]2OC(C(=O)OCC(F)(F)F)[C@@H](OC(C)C)[C@H](O)[C@@H]2O)C1(C)C. The second-order valence-corrected chi connectivity index (χ2v) is 14.3. The number of aliphatic hydroxyl groups is 4. The zero-order chi connectivity index (χ0) is 37.7. The molecule has 290 valence electrons. The second kappa shape index (κ2) is 17.7. The van der Waals surface area contributed by atoms with Gasteiger partial charge >= 0.3 is 18.1 Å². The van der Waals surface area contributed by atoms with Crippen LogP contribution in [0.4, 0.5) is 13.2 Å². The van der Waals surface area contributed by atoms with Gasteiger partial charge < -0.3 is 58.3 Å². The molecule has 0 amide bonds. The van der Waals surface area contributed by atoms with Gasteiger partial charge in [-0.25, -0.2) is 9.59 Å². The Morgan fingerprint density at radius 3 is 1.88 bits per heavy atom. The van der Waals surface area contributed by atoms with Crippen molar-refractivity contribution in [1.29, 1.82) is 0 Å². The molecule has 17 heteroatoms. The van der Waals surface area contributed by atoms with Crippen molar-refractivity contribution in [1.82, 2.24) is 0 Å². The van der Waals surface area contributed by atoms with Gasteiger partial charge in [0.1, 0.15) is 36.6 Å². The average Bonchev–Trinajstić information content (AvgIpc) is 3.52. The summed E-state index contributed by atoms with van der Waals surface area (Å²) in [5, 5.41) is 42.9. The minimum atomic E-state index is -4.82. The lowest BCUT2D eigenvalue weighted by atomic mass is 9.98. The van der Waals surface area contributed by atoms with E-state index in [1.165, 1.54) is 0 Å². The number of esters is 2. The highest BCUT2D eigenvalue weighted by Crippen LogP contribution is 2.59. The Kier molecular flexibility index (Phi) is 15.1. The number of hydrogen-bond donors (Lipinski definition) is 4. The van der Waals surface area contributed by atoms with Gasteiger partial charge in [-0.05, 0) is 59.3 Å². The fraction of sp³-hybridized carbons (Fsp3) is 0.879. The number of allylic oxidation sites excluding steroid dienone is 2. The molecule has 0 aromatic rings. The van der Waals surface area contributed by atoms with Crippen molar-refractivity contribution in [3.8, 4) is 0 Å². The number of aliphatic hydroxyl groups excluding tert-OH is 4. The van der Waals surface area contributed by atoms with Crippen LogP contribution in [-0.2, 0) is 47.5 Å². The van der Waals surface area contributed by atoms with E-state index < -0.39 is 98.3 Å². The summed E-state index contributed by atoms with van der Waals surface area (Å²) in [6.45, 7) is 12.3. The van der Waals surface area contributed by atoms with Crippen molar-refractivity contribution in [3.05, 3.63) is 11.6 Å². The summed E-state index contributed by atoms with van der Waals surface area (Å²) in [4.78, 5) is 25.8. The smallest absolute Gasteiger partial charge is 0.422 e. The van der Waals surface area contributed by atoms with Gasteiger partial charge in [0.15, 0.2) is 31.4 Å².